The van der Waals surface area contributed by atoms with Gasteiger partial charge in [-0.2, -0.15) is 3.71 Å². The molecular weight excluding hydrogens is 504 g/mol. The number of benzene rings is 1. The molecule has 0 spiro atoms. The Balaban J connectivity index is 0.00000110. The molecule has 0 saturated carbocycles. The molecule has 0 bridgehead atoms. The van der Waals surface area contributed by atoms with Crippen molar-refractivity contribution in [2.45, 2.75) is 40.0 Å². The molecule has 9 nitrogen and oxygen atoms in total. The fourth-order valence-electron chi connectivity index (χ4n) is 2.28. The van der Waals surface area contributed by atoms with Crippen molar-refractivity contribution in [1.82, 2.24) is 0 Å². The lowest BCUT2D eigenvalue weighted by atomic mass is 10.2. The molecule has 0 radical (unpaired) electrons. The van der Waals surface area contributed by atoms with E-state index in [4.69, 9.17) is 15.8 Å². The Hall–Kier alpha value is -1.51. The zero-order valence-corrected chi connectivity index (χ0v) is 20.2. The van der Waals surface area contributed by atoms with E-state index in [-0.39, 0.29) is 22.3 Å². The van der Waals surface area contributed by atoms with E-state index >= 15 is 0 Å². The van der Waals surface area contributed by atoms with Gasteiger partial charge in [-0.05, 0) is 31.4 Å². The normalized spacial score (nSPS) is 12.1. The van der Waals surface area contributed by atoms with Crippen LogP contribution in [0.1, 0.15) is 50.4 Å². The number of rotatable bonds is 10. The van der Waals surface area contributed by atoms with E-state index in [2.05, 4.69) is 0 Å². The first kappa shape index (κ1) is 29.5. The maximum atomic E-state index is 14.4. The molecule has 0 aromatic heterocycles. The van der Waals surface area contributed by atoms with E-state index in [1.807, 2.05) is 0 Å². The van der Waals surface area contributed by atoms with Gasteiger partial charge in [0.05, 0.1) is 17.3 Å². The first-order valence-electron chi connectivity index (χ1n) is 8.95. The molecule has 15 heteroatoms. The van der Waals surface area contributed by atoms with E-state index in [1.165, 1.54) is 13.8 Å². The van der Waals surface area contributed by atoms with E-state index < -0.39 is 69.5 Å². The summed E-state index contributed by atoms with van der Waals surface area (Å²) in [6.45, 7) is 4.72. The predicted molar refractivity (Wildman–Crippen MR) is 114 cm³/mol. The molecule has 0 aliphatic carbocycles. The van der Waals surface area contributed by atoms with E-state index in [0.29, 0.717) is 18.6 Å². The highest BCUT2D eigenvalue weighted by molar-refractivity contribution is 8.13. The standard InChI is InChI=1S/C13H17F2NO6S2.C3H7ClO2S/c1-3-7-23(19,20)16(24(21,22)8-4-2)10-6-5-9(14)11(12(10)15)13(17)18;1-2-3-7(4,5)6/h5-6H,3-4,7-8H2,1-2H3,(H,17,18);2-3H2,1H3. The number of anilines is 1. The average Bonchev–Trinajstić information content (AvgIpc) is 2.56. The summed E-state index contributed by atoms with van der Waals surface area (Å²) in [6, 6.07) is 1.11. The Kier molecular flexibility index (Phi) is 11.3. The van der Waals surface area contributed by atoms with Crippen LogP contribution in [0, 0.1) is 11.6 Å². The molecule has 31 heavy (non-hydrogen) atoms. The molecule has 0 heterocycles. The van der Waals surface area contributed by atoms with Gasteiger partial charge in [-0.1, -0.05) is 20.8 Å². The summed E-state index contributed by atoms with van der Waals surface area (Å²) >= 11 is 0. The summed E-state index contributed by atoms with van der Waals surface area (Å²) in [5.41, 5.74) is -2.45. The number of aromatic carboxylic acids is 1. The molecule has 0 atom stereocenters. The van der Waals surface area contributed by atoms with Crippen LogP contribution in [0.25, 0.3) is 0 Å². The number of carboxylic acid groups (broad SMARTS) is 1. The van der Waals surface area contributed by atoms with Crippen molar-refractivity contribution in [3.63, 3.8) is 0 Å². The van der Waals surface area contributed by atoms with Gasteiger partial charge in [0, 0.05) is 10.7 Å². The molecular formula is C16H24ClF2NO8S3. The number of hydrogen-bond donors (Lipinski definition) is 1. The summed E-state index contributed by atoms with van der Waals surface area (Å²) < 4.78 is 97.0. The predicted octanol–water partition coefficient (Wildman–Crippen LogP) is 2.91. The van der Waals surface area contributed by atoms with Crippen LogP contribution in [0.3, 0.4) is 0 Å². The molecule has 0 aliphatic rings. The number of halogens is 3. The van der Waals surface area contributed by atoms with Crippen molar-refractivity contribution < 1.29 is 43.9 Å². The van der Waals surface area contributed by atoms with Crippen LogP contribution < -0.4 is 3.71 Å². The Bertz CT molecular complexity index is 1050. The highest BCUT2D eigenvalue weighted by Crippen LogP contribution is 2.30. The second kappa shape index (κ2) is 11.9. The minimum Gasteiger partial charge on any atom is -0.477 e. The summed E-state index contributed by atoms with van der Waals surface area (Å²) in [6.07, 6.45) is 0.690. The zero-order chi connectivity index (χ0) is 24.6. The topological polar surface area (TPSA) is 143 Å². The first-order chi connectivity index (χ1) is 14.1. The van der Waals surface area contributed by atoms with Crippen molar-refractivity contribution in [3.05, 3.63) is 29.3 Å². The van der Waals surface area contributed by atoms with E-state index in [9.17, 15) is 38.8 Å². The molecule has 0 unspecified atom stereocenters. The molecule has 0 amide bonds. The Labute approximate surface area is 185 Å². The second-order valence-corrected chi connectivity index (χ2v) is 13.1. The number of carboxylic acids is 1. The van der Waals surface area contributed by atoms with Gasteiger partial charge in [-0.25, -0.2) is 38.8 Å². The second-order valence-electron chi connectivity index (χ2n) is 6.13. The lowest BCUT2D eigenvalue weighted by Crippen LogP contribution is -2.40. The van der Waals surface area contributed by atoms with Crippen LogP contribution in [0.15, 0.2) is 12.1 Å². The molecule has 180 valence electrons. The summed E-state index contributed by atoms with van der Waals surface area (Å²) in [5, 5.41) is 8.87. The molecule has 0 aliphatic heterocycles. The highest BCUT2D eigenvalue weighted by atomic mass is 35.7. The van der Waals surface area contributed by atoms with Gasteiger partial charge in [0.2, 0.25) is 29.1 Å². The molecule has 0 saturated heterocycles. The quantitative estimate of drug-likeness (QED) is 0.457. The third kappa shape index (κ3) is 8.86. The first-order valence-corrected chi connectivity index (χ1v) is 14.6. The van der Waals surface area contributed by atoms with Crippen molar-refractivity contribution in [3.8, 4) is 0 Å². The summed E-state index contributed by atoms with van der Waals surface area (Å²) in [7, 11) is -7.38. The zero-order valence-electron chi connectivity index (χ0n) is 17.0. The van der Waals surface area contributed by atoms with Gasteiger partial charge < -0.3 is 5.11 Å². The lowest BCUT2D eigenvalue weighted by Gasteiger charge is -2.24. The molecule has 1 aromatic rings. The van der Waals surface area contributed by atoms with Gasteiger partial charge >= 0.3 is 5.97 Å². The van der Waals surface area contributed by atoms with Gasteiger partial charge in [0.15, 0.2) is 5.82 Å². The number of nitrogens with zero attached hydrogens (tertiary/aromatic N) is 1. The third-order valence-corrected chi connectivity index (χ3v) is 9.33. The van der Waals surface area contributed by atoms with E-state index in [1.54, 1.807) is 6.92 Å². The average molecular weight is 528 g/mol. The lowest BCUT2D eigenvalue weighted by molar-refractivity contribution is 0.0686. The Morgan fingerprint density at radius 2 is 1.32 bits per heavy atom. The summed E-state index contributed by atoms with van der Waals surface area (Å²) in [4.78, 5) is 11.0. The fourth-order valence-corrected chi connectivity index (χ4v) is 7.30. The van der Waals surface area contributed by atoms with Gasteiger partial charge in [0.25, 0.3) is 0 Å². The van der Waals surface area contributed by atoms with Crippen LogP contribution >= 0.6 is 10.7 Å². The van der Waals surface area contributed by atoms with Crippen LogP contribution in [0.5, 0.6) is 0 Å². The van der Waals surface area contributed by atoms with Gasteiger partial charge in [0.1, 0.15) is 17.1 Å². The molecule has 0 fully saturated rings. The number of carbonyl (C=O) groups is 1. The van der Waals surface area contributed by atoms with Crippen LogP contribution in [0.2, 0.25) is 0 Å². The monoisotopic (exact) mass is 527 g/mol. The fraction of sp³-hybridized carbons (Fsp3) is 0.562. The maximum absolute atomic E-state index is 14.4. The number of sulfonamides is 2. The SMILES string of the molecule is CCCS(=O)(=O)Cl.CCCS(=O)(=O)N(c1ccc(F)c(C(=O)O)c1F)S(=O)(=O)CCC. The Morgan fingerprint density at radius 1 is 0.903 bits per heavy atom. The summed E-state index contributed by atoms with van der Waals surface area (Å²) in [5.74, 6) is -6.31. The van der Waals surface area contributed by atoms with Gasteiger partial charge in [-0.15, -0.1) is 0 Å². The third-order valence-electron chi connectivity index (χ3n) is 3.36. The minimum atomic E-state index is -4.49. The van der Waals surface area contributed by atoms with Gasteiger partial charge in [-0.3, -0.25) is 0 Å². The molecule has 1 N–H and O–H groups in total. The van der Waals surface area contributed by atoms with Crippen molar-refractivity contribution in [2.24, 2.45) is 0 Å². The highest BCUT2D eigenvalue weighted by Gasteiger charge is 2.36. The van der Waals surface area contributed by atoms with Crippen molar-refractivity contribution >= 4 is 51.4 Å². The van der Waals surface area contributed by atoms with E-state index in [0.717, 1.165) is 0 Å². The Morgan fingerprint density at radius 3 is 1.61 bits per heavy atom. The maximum Gasteiger partial charge on any atom is 0.341 e. The molecule has 1 rings (SSSR count). The van der Waals surface area contributed by atoms with Crippen LogP contribution in [-0.4, -0.2) is 53.6 Å². The molecule has 1 aromatic carbocycles. The van der Waals surface area contributed by atoms with Crippen LogP contribution in [-0.2, 0) is 29.1 Å². The van der Waals surface area contributed by atoms with Crippen molar-refractivity contribution in [2.75, 3.05) is 21.0 Å². The van der Waals surface area contributed by atoms with Crippen LogP contribution in [0.4, 0.5) is 14.5 Å². The smallest absolute Gasteiger partial charge is 0.341 e. The largest absolute Gasteiger partial charge is 0.477 e. The number of hydrogen-bond acceptors (Lipinski definition) is 7. The van der Waals surface area contributed by atoms with Crippen molar-refractivity contribution in [1.29, 1.82) is 0 Å². The minimum absolute atomic E-state index is 0.0507.